The number of hydrogen-bond acceptors (Lipinski definition) is 3. The monoisotopic (exact) mass is 282 g/mol. The second kappa shape index (κ2) is 7.41. The Morgan fingerprint density at radius 2 is 1.95 bits per heavy atom. The van der Waals surface area contributed by atoms with Crippen molar-refractivity contribution in [2.75, 3.05) is 13.1 Å². The van der Waals surface area contributed by atoms with E-state index in [1.807, 2.05) is 0 Å². The molecule has 4 heteroatoms. The lowest BCUT2D eigenvalue weighted by molar-refractivity contribution is -0.121. The molecule has 116 valence electrons. The van der Waals surface area contributed by atoms with E-state index in [9.17, 15) is 9.90 Å². The molecule has 2 aliphatic rings. The third-order valence-corrected chi connectivity index (χ3v) is 4.78. The average Bonchev–Trinajstić information content (AvgIpc) is 2.39. The summed E-state index contributed by atoms with van der Waals surface area (Å²) in [6.07, 6.45) is 10.0. The lowest BCUT2D eigenvalue weighted by Gasteiger charge is -2.35. The number of rotatable bonds is 5. The molecule has 2 saturated carbocycles. The first-order valence-electron chi connectivity index (χ1n) is 8.30. The fourth-order valence-electron chi connectivity index (χ4n) is 3.73. The van der Waals surface area contributed by atoms with Crippen molar-refractivity contribution in [1.29, 1.82) is 0 Å². The van der Waals surface area contributed by atoms with E-state index >= 15 is 0 Å². The highest BCUT2D eigenvalue weighted by molar-refractivity contribution is 5.78. The molecule has 2 atom stereocenters. The summed E-state index contributed by atoms with van der Waals surface area (Å²) in [6.45, 7) is 3.06. The summed E-state index contributed by atoms with van der Waals surface area (Å²) in [7, 11) is 0. The highest BCUT2D eigenvalue weighted by Gasteiger charge is 2.32. The molecule has 0 aliphatic heterocycles. The molecule has 2 aliphatic carbocycles. The Labute approximate surface area is 122 Å². The number of aliphatic hydroxyl groups is 1. The minimum absolute atomic E-state index is 0.0735. The summed E-state index contributed by atoms with van der Waals surface area (Å²) in [6, 6.07) is 0.371. The Hall–Kier alpha value is -0.610. The molecular formula is C16H30N2O2. The lowest BCUT2D eigenvalue weighted by atomic mass is 9.79. The van der Waals surface area contributed by atoms with Crippen LogP contribution in [0, 0.1) is 5.92 Å². The summed E-state index contributed by atoms with van der Waals surface area (Å²) in [5, 5.41) is 16.7. The van der Waals surface area contributed by atoms with Crippen molar-refractivity contribution in [3.8, 4) is 0 Å². The Morgan fingerprint density at radius 3 is 2.65 bits per heavy atom. The molecule has 0 aromatic carbocycles. The van der Waals surface area contributed by atoms with Gasteiger partial charge in [-0.3, -0.25) is 4.79 Å². The standard InChI is InChI=1S/C16H30N2O2/c1-13-6-5-9-16(20,10-13)12-17-11-15(19)18-14-7-3-2-4-8-14/h13-14,17,20H,2-12H2,1H3,(H,18,19). The Balaban J connectivity index is 1.63. The van der Waals surface area contributed by atoms with Crippen LogP contribution in [0.2, 0.25) is 0 Å². The van der Waals surface area contributed by atoms with Crippen LogP contribution >= 0.6 is 0 Å². The molecule has 0 bridgehead atoms. The molecular weight excluding hydrogens is 252 g/mol. The Kier molecular flexibility index (Phi) is 5.85. The maximum absolute atomic E-state index is 11.9. The quantitative estimate of drug-likeness (QED) is 0.722. The van der Waals surface area contributed by atoms with E-state index in [0.717, 1.165) is 32.1 Å². The fraction of sp³-hybridized carbons (Fsp3) is 0.938. The van der Waals surface area contributed by atoms with Crippen molar-refractivity contribution in [3.63, 3.8) is 0 Å². The van der Waals surface area contributed by atoms with E-state index in [1.54, 1.807) is 0 Å². The first-order chi connectivity index (χ1) is 9.57. The van der Waals surface area contributed by atoms with Crippen molar-refractivity contribution >= 4 is 5.91 Å². The molecule has 3 N–H and O–H groups in total. The second-order valence-electron chi connectivity index (χ2n) is 6.93. The van der Waals surface area contributed by atoms with Gasteiger partial charge in [0.25, 0.3) is 0 Å². The van der Waals surface area contributed by atoms with E-state index in [-0.39, 0.29) is 5.91 Å². The molecule has 0 aromatic rings. The smallest absolute Gasteiger partial charge is 0.234 e. The van der Waals surface area contributed by atoms with E-state index < -0.39 is 5.60 Å². The van der Waals surface area contributed by atoms with Gasteiger partial charge in [-0.25, -0.2) is 0 Å². The van der Waals surface area contributed by atoms with Gasteiger partial charge in [0.05, 0.1) is 12.1 Å². The van der Waals surface area contributed by atoms with E-state index in [0.29, 0.717) is 25.0 Å². The molecule has 4 nitrogen and oxygen atoms in total. The molecule has 2 fully saturated rings. The normalized spacial score (nSPS) is 32.0. The zero-order valence-corrected chi connectivity index (χ0v) is 12.8. The third kappa shape index (κ3) is 5.06. The number of nitrogens with one attached hydrogen (secondary N) is 2. The van der Waals surface area contributed by atoms with E-state index in [2.05, 4.69) is 17.6 Å². The molecule has 1 amide bonds. The second-order valence-corrected chi connectivity index (χ2v) is 6.93. The largest absolute Gasteiger partial charge is 0.389 e. The summed E-state index contributed by atoms with van der Waals surface area (Å²) in [4.78, 5) is 11.9. The van der Waals surface area contributed by atoms with Gasteiger partial charge in [-0.05, 0) is 31.6 Å². The van der Waals surface area contributed by atoms with Crippen LogP contribution in [0.1, 0.15) is 64.7 Å². The van der Waals surface area contributed by atoms with Gasteiger partial charge >= 0.3 is 0 Å². The highest BCUT2D eigenvalue weighted by atomic mass is 16.3. The van der Waals surface area contributed by atoms with Gasteiger partial charge in [0.1, 0.15) is 0 Å². The molecule has 0 saturated heterocycles. The van der Waals surface area contributed by atoms with Gasteiger partial charge < -0.3 is 15.7 Å². The lowest BCUT2D eigenvalue weighted by Crippen LogP contribution is -2.47. The average molecular weight is 282 g/mol. The zero-order valence-electron chi connectivity index (χ0n) is 12.8. The molecule has 0 heterocycles. The molecule has 0 spiro atoms. The number of hydrogen-bond donors (Lipinski definition) is 3. The number of carbonyl (C=O) groups excluding carboxylic acids is 1. The zero-order chi connectivity index (χ0) is 14.4. The van der Waals surface area contributed by atoms with Crippen molar-refractivity contribution in [1.82, 2.24) is 10.6 Å². The SMILES string of the molecule is CC1CCCC(O)(CNCC(=O)NC2CCCCC2)C1. The summed E-state index contributed by atoms with van der Waals surface area (Å²) >= 11 is 0. The maximum atomic E-state index is 11.9. The minimum atomic E-state index is -0.608. The maximum Gasteiger partial charge on any atom is 0.234 e. The van der Waals surface area contributed by atoms with Crippen molar-refractivity contribution < 1.29 is 9.90 Å². The van der Waals surface area contributed by atoms with Gasteiger partial charge in [-0.2, -0.15) is 0 Å². The predicted molar refractivity (Wildman–Crippen MR) is 80.5 cm³/mol. The Bertz CT molecular complexity index is 316. The van der Waals surface area contributed by atoms with Crippen LogP contribution in [0.5, 0.6) is 0 Å². The first-order valence-corrected chi connectivity index (χ1v) is 8.30. The first kappa shape index (κ1) is 15.8. The summed E-state index contributed by atoms with van der Waals surface area (Å²) in [5.74, 6) is 0.663. The molecule has 0 radical (unpaired) electrons. The van der Waals surface area contributed by atoms with Crippen molar-refractivity contribution in [2.45, 2.75) is 76.4 Å². The van der Waals surface area contributed by atoms with E-state index in [1.165, 1.54) is 25.7 Å². The van der Waals surface area contributed by atoms with Crippen LogP contribution in [0.25, 0.3) is 0 Å². The Morgan fingerprint density at radius 1 is 1.20 bits per heavy atom. The molecule has 20 heavy (non-hydrogen) atoms. The topological polar surface area (TPSA) is 61.4 Å². The minimum Gasteiger partial charge on any atom is -0.389 e. The van der Waals surface area contributed by atoms with Crippen LogP contribution in [-0.4, -0.2) is 35.7 Å². The van der Waals surface area contributed by atoms with Crippen LogP contribution < -0.4 is 10.6 Å². The van der Waals surface area contributed by atoms with E-state index in [4.69, 9.17) is 0 Å². The van der Waals surface area contributed by atoms with Gasteiger partial charge in [0.15, 0.2) is 0 Å². The summed E-state index contributed by atoms with van der Waals surface area (Å²) < 4.78 is 0. The fourth-order valence-corrected chi connectivity index (χ4v) is 3.73. The van der Waals surface area contributed by atoms with Gasteiger partial charge in [0, 0.05) is 12.6 Å². The predicted octanol–water partition coefficient (Wildman–Crippen LogP) is 1.97. The van der Waals surface area contributed by atoms with Crippen molar-refractivity contribution in [2.24, 2.45) is 5.92 Å². The summed E-state index contributed by atoms with van der Waals surface area (Å²) in [5.41, 5.74) is -0.608. The third-order valence-electron chi connectivity index (χ3n) is 4.78. The number of amides is 1. The van der Waals surface area contributed by atoms with Gasteiger partial charge in [-0.1, -0.05) is 39.0 Å². The van der Waals surface area contributed by atoms with Crippen LogP contribution in [0.15, 0.2) is 0 Å². The van der Waals surface area contributed by atoms with Crippen LogP contribution in [-0.2, 0) is 4.79 Å². The number of carbonyl (C=O) groups is 1. The van der Waals surface area contributed by atoms with Crippen LogP contribution in [0.4, 0.5) is 0 Å². The van der Waals surface area contributed by atoms with Crippen LogP contribution in [0.3, 0.4) is 0 Å². The molecule has 2 unspecified atom stereocenters. The van der Waals surface area contributed by atoms with Gasteiger partial charge in [-0.15, -0.1) is 0 Å². The molecule has 0 aromatic heterocycles. The molecule has 2 rings (SSSR count). The van der Waals surface area contributed by atoms with Gasteiger partial charge in [0.2, 0.25) is 5.91 Å². The van der Waals surface area contributed by atoms with Crippen molar-refractivity contribution in [3.05, 3.63) is 0 Å². The highest BCUT2D eigenvalue weighted by Crippen LogP contribution is 2.31.